The van der Waals surface area contributed by atoms with Crippen molar-refractivity contribution >= 4 is 5.71 Å². The summed E-state index contributed by atoms with van der Waals surface area (Å²) in [7, 11) is 0. The molecule has 1 heteroatoms. The Bertz CT molecular complexity index is 873. The van der Waals surface area contributed by atoms with Crippen LogP contribution in [-0.4, -0.2) is 16.8 Å². The molecule has 1 aliphatic heterocycles. The number of hydrogen-bond donors (Lipinski definition) is 0. The third kappa shape index (κ3) is 2.90. The summed E-state index contributed by atoms with van der Waals surface area (Å²) < 4.78 is 2.53. The molecule has 0 fully saturated rings. The van der Waals surface area contributed by atoms with Gasteiger partial charge in [-0.15, -0.1) is 0 Å². The summed E-state index contributed by atoms with van der Waals surface area (Å²) in [4.78, 5) is 0. The van der Waals surface area contributed by atoms with Crippen LogP contribution in [0.1, 0.15) is 27.8 Å². The van der Waals surface area contributed by atoms with E-state index in [1.165, 1.54) is 33.5 Å². The zero-order valence-corrected chi connectivity index (χ0v) is 14.1. The van der Waals surface area contributed by atoms with Crippen LogP contribution in [0.15, 0.2) is 78.9 Å². The Balaban J connectivity index is 1.85. The largest absolute Gasteiger partial charge is 0.224 e. The molecule has 0 saturated carbocycles. The van der Waals surface area contributed by atoms with Gasteiger partial charge in [-0.25, -0.2) is 4.58 Å². The highest BCUT2D eigenvalue weighted by molar-refractivity contribution is 6.10. The first-order valence-corrected chi connectivity index (χ1v) is 8.62. The van der Waals surface area contributed by atoms with Gasteiger partial charge in [0.15, 0.2) is 6.54 Å². The van der Waals surface area contributed by atoms with Gasteiger partial charge in [0.05, 0.1) is 0 Å². The van der Waals surface area contributed by atoms with Gasteiger partial charge < -0.3 is 0 Å². The lowest BCUT2D eigenvalue weighted by molar-refractivity contribution is -0.544. The van der Waals surface area contributed by atoms with Gasteiger partial charge in [-0.3, -0.25) is 0 Å². The summed E-state index contributed by atoms with van der Waals surface area (Å²) in [6.07, 6.45) is 1.11. The van der Waals surface area contributed by atoms with Crippen molar-refractivity contribution in [2.45, 2.75) is 19.9 Å². The highest BCUT2D eigenvalue weighted by atomic mass is 15.0. The number of nitrogens with zero attached hydrogens (tertiary/aromatic N) is 1. The van der Waals surface area contributed by atoms with Crippen molar-refractivity contribution in [3.8, 4) is 0 Å². The molecule has 0 aromatic heterocycles. The SMILES string of the molecule is Cc1ccc(C2=[N+](Cc3ccccc3)CCc3ccccc32)cc1. The minimum atomic E-state index is 0.957. The molecular formula is C23H22N+. The lowest BCUT2D eigenvalue weighted by Gasteiger charge is -2.19. The van der Waals surface area contributed by atoms with Gasteiger partial charge in [0, 0.05) is 23.1 Å². The van der Waals surface area contributed by atoms with Crippen molar-refractivity contribution in [2.75, 3.05) is 6.54 Å². The number of rotatable bonds is 3. The molecule has 0 N–H and O–H groups in total. The van der Waals surface area contributed by atoms with Crippen molar-refractivity contribution in [3.05, 3.63) is 107 Å². The Hall–Kier alpha value is -2.67. The summed E-state index contributed by atoms with van der Waals surface area (Å²) in [5.41, 5.74) is 8.17. The predicted molar refractivity (Wildman–Crippen MR) is 99.8 cm³/mol. The average Bonchev–Trinajstić information content (AvgIpc) is 2.63. The van der Waals surface area contributed by atoms with Gasteiger partial charge in [-0.2, -0.15) is 0 Å². The summed E-state index contributed by atoms with van der Waals surface area (Å²) in [5, 5.41) is 0. The van der Waals surface area contributed by atoms with Crippen LogP contribution < -0.4 is 0 Å². The minimum absolute atomic E-state index is 0.957. The number of aryl methyl sites for hydroxylation is 1. The van der Waals surface area contributed by atoms with Crippen LogP contribution in [0.25, 0.3) is 0 Å². The molecule has 0 saturated heterocycles. The normalized spacial score (nSPS) is 13.7. The van der Waals surface area contributed by atoms with Crippen molar-refractivity contribution in [3.63, 3.8) is 0 Å². The van der Waals surface area contributed by atoms with Crippen LogP contribution >= 0.6 is 0 Å². The van der Waals surface area contributed by atoms with Crippen LogP contribution in [0.3, 0.4) is 0 Å². The fraction of sp³-hybridized carbons (Fsp3) is 0.174. The Morgan fingerprint density at radius 3 is 2.29 bits per heavy atom. The van der Waals surface area contributed by atoms with E-state index in [0.717, 1.165) is 19.5 Å². The zero-order chi connectivity index (χ0) is 16.4. The number of benzene rings is 3. The smallest absolute Gasteiger partial charge is 0.215 e. The summed E-state index contributed by atoms with van der Waals surface area (Å²) in [6, 6.07) is 28.5. The van der Waals surface area contributed by atoms with Gasteiger partial charge in [-0.1, -0.05) is 66.2 Å². The van der Waals surface area contributed by atoms with Gasteiger partial charge in [0.25, 0.3) is 0 Å². The molecule has 0 amide bonds. The molecule has 0 unspecified atom stereocenters. The maximum Gasteiger partial charge on any atom is 0.215 e. The van der Waals surface area contributed by atoms with Crippen molar-refractivity contribution < 1.29 is 4.58 Å². The first kappa shape index (κ1) is 14.9. The second-order valence-corrected chi connectivity index (χ2v) is 6.53. The van der Waals surface area contributed by atoms with E-state index >= 15 is 0 Å². The molecule has 1 aliphatic rings. The van der Waals surface area contributed by atoms with E-state index in [1.807, 2.05) is 0 Å². The van der Waals surface area contributed by atoms with E-state index in [-0.39, 0.29) is 0 Å². The van der Waals surface area contributed by atoms with Crippen LogP contribution in [0.4, 0.5) is 0 Å². The van der Waals surface area contributed by atoms with Crippen molar-refractivity contribution in [1.82, 2.24) is 0 Å². The van der Waals surface area contributed by atoms with Crippen LogP contribution in [0.5, 0.6) is 0 Å². The minimum Gasteiger partial charge on any atom is -0.224 e. The van der Waals surface area contributed by atoms with E-state index in [4.69, 9.17) is 0 Å². The number of hydrogen-bond acceptors (Lipinski definition) is 0. The van der Waals surface area contributed by atoms with Crippen LogP contribution in [0, 0.1) is 6.92 Å². The topological polar surface area (TPSA) is 3.01 Å². The summed E-state index contributed by atoms with van der Waals surface area (Å²) in [5.74, 6) is 0. The first-order chi connectivity index (χ1) is 11.8. The Morgan fingerprint density at radius 1 is 0.792 bits per heavy atom. The molecule has 3 aromatic rings. The Morgan fingerprint density at radius 2 is 1.50 bits per heavy atom. The summed E-state index contributed by atoms with van der Waals surface area (Å²) >= 11 is 0. The maximum atomic E-state index is 2.53. The lowest BCUT2D eigenvalue weighted by Crippen LogP contribution is -2.30. The molecule has 0 atom stereocenters. The average molecular weight is 312 g/mol. The third-order valence-corrected chi connectivity index (χ3v) is 4.78. The third-order valence-electron chi connectivity index (χ3n) is 4.78. The number of fused-ring (bicyclic) bond motifs is 1. The molecule has 1 nitrogen and oxygen atoms in total. The Kier molecular flexibility index (Phi) is 4.00. The van der Waals surface area contributed by atoms with Gasteiger partial charge in [0.2, 0.25) is 5.71 Å². The molecule has 118 valence electrons. The quantitative estimate of drug-likeness (QED) is 0.622. The molecule has 0 aliphatic carbocycles. The molecule has 0 bridgehead atoms. The van der Waals surface area contributed by atoms with E-state index < -0.39 is 0 Å². The molecule has 0 spiro atoms. The maximum absolute atomic E-state index is 2.53. The van der Waals surface area contributed by atoms with E-state index in [1.54, 1.807) is 0 Å². The van der Waals surface area contributed by atoms with Crippen LogP contribution in [-0.2, 0) is 13.0 Å². The highest BCUT2D eigenvalue weighted by Crippen LogP contribution is 2.21. The van der Waals surface area contributed by atoms with Crippen molar-refractivity contribution in [1.29, 1.82) is 0 Å². The standard InChI is InChI=1S/C23H22N/c1-18-11-13-21(14-12-18)23-22-10-6-5-9-20(22)15-16-24(23)17-19-7-3-2-4-8-19/h2-14H,15-17H2,1H3/q+1. The second kappa shape index (κ2) is 6.45. The van der Waals surface area contributed by atoms with E-state index in [0.29, 0.717) is 0 Å². The van der Waals surface area contributed by atoms with E-state index in [9.17, 15) is 0 Å². The van der Waals surface area contributed by atoms with Gasteiger partial charge in [-0.05, 0) is 30.7 Å². The predicted octanol–water partition coefficient (Wildman–Crippen LogP) is 4.60. The van der Waals surface area contributed by atoms with Crippen LogP contribution in [0.2, 0.25) is 0 Å². The molecular weight excluding hydrogens is 290 g/mol. The first-order valence-electron chi connectivity index (χ1n) is 8.62. The monoisotopic (exact) mass is 312 g/mol. The fourth-order valence-electron chi connectivity index (χ4n) is 3.52. The second-order valence-electron chi connectivity index (χ2n) is 6.53. The van der Waals surface area contributed by atoms with E-state index in [2.05, 4.69) is 90.4 Å². The highest BCUT2D eigenvalue weighted by Gasteiger charge is 2.26. The van der Waals surface area contributed by atoms with Crippen molar-refractivity contribution in [2.24, 2.45) is 0 Å². The zero-order valence-electron chi connectivity index (χ0n) is 14.1. The molecule has 24 heavy (non-hydrogen) atoms. The lowest BCUT2D eigenvalue weighted by atomic mass is 9.92. The fourth-order valence-corrected chi connectivity index (χ4v) is 3.52. The van der Waals surface area contributed by atoms with Gasteiger partial charge >= 0.3 is 0 Å². The molecule has 0 radical (unpaired) electrons. The van der Waals surface area contributed by atoms with Gasteiger partial charge in [0.1, 0.15) is 6.54 Å². The molecule has 3 aromatic carbocycles. The summed E-state index contributed by atoms with van der Waals surface area (Å²) in [6.45, 7) is 4.17. The molecule has 4 rings (SSSR count). The molecule has 1 heterocycles. The Labute approximate surface area is 143 Å².